The molecule has 0 bridgehead atoms. The van der Waals surface area contributed by atoms with Gasteiger partial charge in [0.1, 0.15) is 4.90 Å². The third-order valence-electron chi connectivity index (χ3n) is 3.02. The third-order valence-corrected chi connectivity index (χ3v) is 5.20. The van der Waals surface area contributed by atoms with Crippen molar-refractivity contribution < 1.29 is 8.42 Å². The van der Waals surface area contributed by atoms with Crippen LogP contribution in [0.2, 0.25) is 10.0 Å². The van der Waals surface area contributed by atoms with E-state index in [4.69, 9.17) is 23.2 Å². The SMILES string of the molecule is CCN(CC)CCCNS(=O)(=O)c1ccc(Cl)cc1Cl. The molecule has 0 heterocycles. The molecular weight excluding hydrogens is 319 g/mol. The van der Waals surface area contributed by atoms with E-state index in [0.29, 0.717) is 11.6 Å². The van der Waals surface area contributed by atoms with E-state index in [1.165, 1.54) is 18.2 Å². The first-order chi connectivity index (χ1) is 9.40. The van der Waals surface area contributed by atoms with Crippen LogP contribution in [0, 0.1) is 0 Å². The Kier molecular flexibility index (Phi) is 7.26. The van der Waals surface area contributed by atoms with Crippen LogP contribution in [-0.2, 0) is 10.0 Å². The number of nitrogens with zero attached hydrogens (tertiary/aromatic N) is 1. The lowest BCUT2D eigenvalue weighted by atomic mass is 10.4. The molecule has 0 aliphatic heterocycles. The average molecular weight is 339 g/mol. The minimum absolute atomic E-state index is 0.0615. The number of nitrogens with one attached hydrogen (secondary N) is 1. The van der Waals surface area contributed by atoms with E-state index in [9.17, 15) is 8.42 Å². The van der Waals surface area contributed by atoms with Gasteiger partial charge in [-0.2, -0.15) is 0 Å². The molecule has 114 valence electrons. The van der Waals surface area contributed by atoms with Crippen molar-refractivity contribution in [3.63, 3.8) is 0 Å². The maximum Gasteiger partial charge on any atom is 0.242 e. The Balaban J connectivity index is 2.58. The van der Waals surface area contributed by atoms with Crippen molar-refractivity contribution in [3.8, 4) is 0 Å². The number of hydrogen-bond donors (Lipinski definition) is 1. The van der Waals surface area contributed by atoms with E-state index >= 15 is 0 Å². The predicted octanol–water partition coefficient (Wildman–Crippen LogP) is 3.00. The van der Waals surface area contributed by atoms with Crippen LogP contribution < -0.4 is 4.72 Å². The van der Waals surface area contributed by atoms with Gasteiger partial charge in [0.15, 0.2) is 0 Å². The third kappa shape index (κ3) is 5.22. The summed E-state index contributed by atoms with van der Waals surface area (Å²) in [5.41, 5.74) is 0. The van der Waals surface area contributed by atoms with Gasteiger partial charge >= 0.3 is 0 Å². The van der Waals surface area contributed by atoms with Gasteiger partial charge in [-0.05, 0) is 44.3 Å². The minimum atomic E-state index is -3.58. The van der Waals surface area contributed by atoms with Crippen LogP contribution in [0.3, 0.4) is 0 Å². The van der Waals surface area contributed by atoms with Crippen LogP contribution >= 0.6 is 23.2 Å². The van der Waals surface area contributed by atoms with Gasteiger partial charge in [-0.1, -0.05) is 37.0 Å². The molecule has 7 heteroatoms. The monoisotopic (exact) mass is 338 g/mol. The van der Waals surface area contributed by atoms with Gasteiger partial charge in [0, 0.05) is 11.6 Å². The fourth-order valence-electron chi connectivity index (χ4n) is 1.82. The van der Waals surface area contributed by atoms with Gasteiger partial charge in [-0.3, -0.25) is 0 Å². The van der Waals surface area contributed by atoms with E-state index in [2.05, 4.69) is 23.5 Å². The highest BCUT2D eigenvalue weighted by Crippen LogP contribution is 2.24. The number of halogens is 2. The Morgan fingerprint density at radius 2 is 1.85 bits per heavy atom. The van der Waals surface area contributed by atoms with E-state index in [1.54, 1.807) is 0 Å². The first-order valence-corrected chi connectivity index (χ1v) is 8.81. The quantitative estimate of drug-likeness (QED) is 0.741. The second-order valence-electron chi connectivity index (χ2n) is 4.35. The van der Waals surface area contributed by atoms with Crippen molar-refractivity contribution >= 4 is 33.2 Å². The van der Waals surface area contributed by atoms with Crippen LogP contribution in [0.1, 0.15) is 20.3 Å². The molecule has 0 saturated carbocycles. The second-order valence-corrected chi connectivity index (χ2v) is 6.93. The van der Waals surface area contributed by atoms with Crippen LogP contribution in [0.5, 0.6) is 0 Å². The van der Waals surface area contributed by atoms with Crippen molar-refractivity contribution in [2.24, 2.45) is 0 Å². The topological polar surface area (TPSA) is 49.4 Å². The molecule has 1 aromatic rings. The lowest BCUT2D eigenvalue weighted by Gasteiger charge is -2.17. The largest absolute Gasteiger partial charge is 0.304 e. The normalized spacial score (nSPS) is 12.1. The number of rotatable bonds is 8. The summed E-state index contributed by atoms with van der Waals surface area (Å²) in [6.45, 7) is 7.35. The van der Waals surface area contributed by atoms with E-state index in [-0.39, 0.29) is 9.92 Å². The number of sulfonamides is 1. The first kappa shape index (κ1) is 17.7. The van der Waals surface area contributed by atoms with Gasteiger partial charge in [0.25, 0.3) is 0 Å². The van der Waals surface area contributed by atoms with E-state index in [1.807, 2.05) is 0 Å². The van der Waals surface area contributed by atoms with E-state index in [0.717, 1.165) is 26.1 Å². The molecule has 0 radical (unpaired) electrons. The molecule has 1 aromatic carbocycles. The number of hydrogen-bond acceptors (Lipinski definition) is 3. The molecule has 20 heavy (non-hydrogen) atoms. The van der Waals surface area contributed by atoms with Crippen molar-refractivity contribution in [1.82, 2.24) is 9.62 Å². The molecule has 0 amide bonds. The van der Waals surface area contributed by atoms with Gasteiger partial charge in [-0.15, -0.1) is 0 Å². The molecule has 0 unspecified atom stereocenters. The maximum atomic E-state index is 12.1. The summed E-state index contributed by atoms with van der Waals surface area (Å²) in [5.74, 6) is 0. The molecule has 4 nitrogen and oxygen atoms in total. The molecule has 0 aliphatic carbocycles. The Morgan fingerprint density at radius 1 is 1.20 bits per heavy atom. The van der Waals surface area contributed by atoms with Gasteiger partial charge in [0.2, 0.25) is 10.0 Å². The Bertz CT molecular complexity index is 531. The smallest absolute Gasteiger partial charge is 0.242 e. The molecule has 1 N–H and O–H groups in total. The van der Waals surface area contributed by atoms with Crippen LogP contribution in [-0.4, -0.2) is 39.5 Å². The summed E-state index contributed by atoms with van der Waals surface area (Å²) in [6.07, 6.45) is 0.756. The fraction of sp³-hybridized carbons (Fsp3) is 0.538. The lowest BCUT2D eigenvalue weighted by molar-refractivity contribution is 0.300. The molecule has 0 saturated heterocycles. The Morgan fingerprint density at radius 3 is 2.40 bits per heavy atom. The van der Waals surface area contributed by atoms with Crippen LogP contribution in [0.4, 0.5) is 0 Å². The average Bonchev–Trinajstić information content (AvgIpc) is 2.38. The molecule has 0 aromatic heterocycles. The summed E-state index contributed by atoms with van der Waals surface area (Å²) in [5, 5.41) is 0.546. The molecular formula is C13H20Cl2N2O2S. The molecule has 0 atom stereocenters. The maximum absolute atomic E-state index is 12.1. The van der Waals surface area contributed by atoms with Crippen LogP contribution in [0.25, 0.3) is 0 Å². The predicted molar refractivity (Wildman–Crippen MR) is 84.1 cm³/mol. The van der Waals surface area contributed by atoms with Crippen molar-refractivity contribution in [3.05, 3.63) is 28.2 Å². The van der Waals surface area contributed by atoms with Crippen molar-refractivity contribution in [1.29, 1.82) is 0 Å². The van der Waals surface area contributed by atoms with Crippen molar-refractivity contribution in [2.75, 3.05) is 26.2 Å². The zero-order valence-electron chi connectivity index (χ0n) is 11.7. The fourth-order valence-corrected chi connectivity index (χ4v) is 3.66. The molecule has 0 fully saturated rings. The molecule has 0 spiro atoms. The summed E-state index contributed by atoms with van der Waals surface area (Å²) >= 11 is 11.7. The number of benzene rings is 1. The Labute approximate surface area is 131 Å². The molecule has 0 aliphatic rings. The van der Waals surface area contributed by atoms with Crippen molar-refractivity contribution in [2.45, 2.75) is 25.2 Å². The zero-order valence-corrected chi connectivity index (χ0v) is 14.0. The Hall–Kier alpha value is -0.330. The summed E-state index contributed by atoms with van der Waals surface area (Å²) in [6, 6.07) is 4.35. The molecule has 1 rings (SSSR count). The summed E-state index contributed by atoms with van der Waals surface area (Å²) < 4.78 is 26.7. The highest BCUT2D eigenvalue weighted by atomic mass is 35.5. The first-order valence-electron chi connectivity index (χ1n) is 6.57. The van der Waals surface area contributed by atoms with Gasteiger partial charge in [0.05, 0.1) is 5.02 Å². The summed E-state index contributed by atoms with van der Waals surface area (Å²) in [7, 11) is -3.58. The van der Waals surface area contributed by atoms with E-state index < -0.39 is 10.0 Å². The zero-order chi connectivity index (χ0) is 15.2. The highest BCUT2D eigenvalue weighted by Gasteiger charge is 2.17. The highest BCUT2D eigenvalue weighted by molar-refractivity contribution is 7.89. The standard InChI is InChI=1S/C13H20Cl2N2O2S/c1-3-17(4-2)9-5-8-16-20(18,19)13-7-6-11(14)10-12(13)15/h6-7,10,16H,3-5,8-9H2,1-2H3. The summed E-state index contributed by atoms with van der Waals surface area (Å²) in [4.78, 5) is 2.30. The second kappa shape index (κ2) is 8.20. The minimum Gasteiger partial charge on any atom is -0.304 e. The van der Waals surface area contributed by atoms with Gasteiger partial charge in [-0.25, -0.2) is 13.1 Å². The lowest BCUT2D eigenvalue weighted by Crippen LogP contribution is -2.30. The van der Waals surface area contributed by atoms with Gasteiger partial charge < -0.3 is 4.90 Å². The van der Waals surface area contributed by atoms with Crippen LogP contribution in [0.15, 0.2) is 23.1 Å².